The lowest BCUT2D eigenvalue weighted by Gasteiger charge is -2.25. The zero-order valence-corrected chi connectivity index (χ0v) is 18.7. The van der Waals surface area contributed by atoms with Gasteiger partial charge in [0.05, 0.1) is 23.7 Å². The third-order valence-electron chi connectivity index (χ3n) is 5.45. The fraction of sp³-hybridized carbons (Fsp3) is 0.174. The van der Waals surface area contributed by atoms with E-state index in [9.17, 15) is 18.0 Å². The van der Waals surface area contributed by atoms with E-state index in [1.165, 1.54) is 32.2 Å². The number of hydrogen-bond donors (Lipinski definition) is 3. The number of nitrogens with zero attached hydrogens (tertiary/aromatic N) is 1. The summed E-state index contributed by atoms with van der Waals surface area (Å²) in [7, 11) is -2.68. The van der Waals surface area contributed by atoms with Crippen LogP contribution < -0.4 is 20.1 Å². The molecule has 9 nitrogen and oxygen atoms in total. The summed E-state index contributed by atoms with van der Waals surface area (Å²) < 4.78 is 34.9. The van der Waals surface area contributed by atoms with Crippen LogP contribution in [-0.4, -0.2) is 32.4 Å². The first-order chi connectivity index (χ1) is 15.7. The van der Waals surface area contributed by atoms with Crippen molar-refractivity contribution >= 4 is 22.0 Å². The van der Waals surface area contributed by atoms with Gasteiger partial charge in [0, 0.05) is 11.8 Å². The van der Waals surface area contributed by atoms with Gasteiger partial charge in [0.2, 0.25) is 10.0 Å². The number of pyridine rings is 1. The summed E-state index contributed by atoms with van der Waals surface area (Å²) in [5, 5.41) is 4.71. The van der Waals surface area contributed by atoms with E-state index < -0.39 is 33.5 Å². The zero-order valence-electron chi connectivity index (χ0n) is 17.9. The van der Waals surface area contributed by atoms with Crippen molar-refractivity contribution in [2.24, 2.45) is 0 Å². The van der Waals surface area contributed by atoms with E-state index in [-0.39, 0.29) is 16.2 Å². The van der Waals surface area contributed by atoms with Crippen LogP contribution in [0.2, 0.25) is 0 Å². The lowest BCUT2D eigenvalue weighted by molar-refractivity contribution is -0.123. The van der Waals surface area contributed by atoms with Crippen LogP contribution in [0, 0.1) is 0 Å². The lowest BCUT2D eigenvalue weighted by atomic mass is 9.91. The fourth-order valence-electron chi connectivity index (χ4n) is 3.69. The number of hydrogen-bond acceptors (Lipinski definition) is 6. The van der Waals surface area contributed by atoms with Gasteiger partial charge < -0.3 is 10.1 Å². The van der Waals surface area contributed by atoms with Crippen molar-refractivity contribution in [1.82, 2.24) is 20.3 Å². The number of imide groups is 1. The highest BCUT2D eigenvalue weighted by Crippen LogP contribution is 2.34. The maximum absolute atomic E-state index is 13.4. The molecule has 1 aromatic heterocycles. The van der Waals surface area contributed by atoms with Crippen LogP contribution in [0.15, 0.2) is 77.8 Å². The van der Waals surface area contributed by atoms with Crippen molar-refractivity contribution in [2.45, 2.75) is 23.4 Å². The Morgan fingerprint density at radius 2 is 1.76 bits per heavy atom. The number of rotatable bonds is 7. The molecule has 1 aliphatic rings. The second kappa shape index (κ2) is 8.64. The molecule has 0 bridgehead atoms. The van der Waals surface area contributed by atoms with Crippen molar-refractivity contribution in [1.29, 1.82) is 0 Å². The molecular formula is C23H22N4O5S. The molecule has 2 heterocycles. The Hall–Kier alpha value is -3.76. The average molecular weight is 467 g/mol. The van der Waals surface area contributed by atoms with Crippen molar-refractivity contribution in [3.8, 4) is 5.75 Å². The number of benzene rings is 2. The summed E-state index contributed by atoms with van der Waals surface area (Å²) >= 11 is 0. The van der Waals surface area contributed by atoms with Crippen LogP contribution in [0.3, 0.4) is 0 Å². The van der Waals surface area contributed by atoms with Gasteiger partial charge in [-0.05, 0) is 42.8 Å². The molecule has 3 N–H and O–H groups in total. The van der Waals surface area contributed by atoms with Crippen LogP contribution in [0.1, 0.15) is 29.8 Å². The molecule has 0 radical (unpaired) electrons. The average Bonchev–Trinajstić information content (AvgIpc) is 3.10. The van der Waals surface area contributed by atoms with Gasteiger partial charge in [-0.15, -0.1) is 0 Å². The number of urea groups is 1. The summed E-state index contributed by atoms with van der Waals surface area (Å²) in [6.45, 7) is 1.48. The third-order valence-corrected chi connectivity index (χ3v) is 6.87. The number of ether oxygens (including phenoxy) is 1. The molecule has 2 aromatic carbocycles. The minimum absolute atomic E-state index is 0.0923. The summed E-state index contributed by atoms with van der Waals surface area (Å²) in [5.74, 6) is -0.345. The molecule has 10 heteroatoms. The third kappa shape index (κ3) is 4.30. The number of sulfonamides is 1. The predicted molar refractivity (Wildman–Crippen MR) is 120 cm³/mol. The van der Waals surface area contributed by atoms with Crippen molar-refractivity contribution in [3.05, 3.63) is 89.7 Å². The Bertz CT molecular complexity index is 1260. The van der Waals surface area contributed by atoms with Crippen LogP contribution in [0.4, 0.5) is 4.79 Å². The smallest absolute Gasteiger partial charge is 0.322 e. The standard InChI is InChI=1S/C23H22N4O5S/c1-23(21(28)25-22(29)26-23)17-14-16(11-12-19(17)32-2)33(30,31)27-20(15-8-4-3-5-9-15)18-10-6-7-13-24-18/h3-14,20,27H,1-2H3,(H2,25,26,28,29)/t20-,23-/m0/s1. The molecule has 0 saturated carbocycles. The van der Waals surface area contributed by atoms with Gasteiger partial charge in [0.15, 0.2) is 0 Å². The highest BCUT2D eigenvalue weighted by molar-refractivity contribution is 7.89. The van der Waals surface area contributed by atoms with Gasteiger partial charge in [0.25, 0.3) is 5.91 Å². The van der Waals surface area contributed by atoms with Crippen LogP contribution in [0.5, 0.6) is 5.75 Å². The van der Waals surface area contributed by atoms with Crippen molar-refractivity contribution in [3.63, 3.8) is 0 Å². The SMILES string of the molecule is COc1ccc(S(=O)(=O)N[C@@H](c2ccccc2)c2ccccn2)cc1[C@]1(C)NC(=O)NC1=O. The molecule has 1 saturated heterocycles. The van der Waals surface area contributed by atoms with Gasteiger partial charge in [-0.1, -0.05) is 36.4 Å². The Kier molecular flexibility index (Phi) is 5.88. The lowest BCUT2D eigenvalue weighted by Crippen LogP contribution is -2.41. The largest absolute Gasteiger partial charge is 0.496 e. The van der Waals surface area contributed by atoms with Gasteiger partial charge >= 0.3 is 6.03 Å². The second-order valence-corrected chi connectivity index (χ2v) is 9.33. The minimum atomic E-state index is -4.08. The normalized spacial score (nSPS) is 19.0. The number of amides is 3. The Morgan fingerprint density at radius 3 is 2.36 bits per heavy atom. The van der Waals surface area contributed by atoms with Gasteiger partial charge in [-0.2, -0.15) is 4.72 Å². The molecule has 3 aromatic rings. The maximum Gasteiger partial charge on any atom is 0.322 e. The predicted octanol–water partition coefficient (Wildman–Crippen LogP) is 2.21. The molecule has 1 aliphatic heterocycles. The highest BCUT2D eigenvalue weighted by atomic mass is 32.2. The molecule has 2 atom stereocenters. The number of methoxy groups -OCH3 is 1. The van der Waals surface area contributed by atoms with Crippen LogP contribution in [0.25, 0.3) is 0 Å². The number of carbonyl (C=O) groups is 2. The minimum Gasteiger partial charge on any atom is -0.496 e. The fourth-order valence-corrected chi connectivity index (χ4v) is 4.92. The van der Waals surface area contributed by atoms with E-state index in [0.29, 0.717) is 11.3 Å². The van der Waals surface area contributed by atoms with Crippen LogP contribution >= 0.6 is 0 Å². The topological polar surface area (TPSA) is 126 Å². The van der Waals surface area contributed by atoms with E-state index in [4.69, 9.17) is 4.74 Å². The van der Waals surface area contributed by atoms with Crippen LogP contribution in [-0.2, 0) is 20.4 Å². The highest BCUT2D eigenvalue weighted by Gasteiger charge is 2.45. The quantitative estimate of drug-likeness (QED) is 0.458. The van der Waals surface area contributed by atoms with E-state index in [1.54, 1.807) is 36.5 Å². The first-order valence-electron chi connectivity index (χ1n) is 10.0. The van der Waals surface area contributed by atoms with E-state index >= 15 is 0 Å². The van der Waals surface area contributed by atoms with E-state index in [2.05, 4.69) is 20.3 Å². The Labute approximate surface area is 191 Å². The number of carbonyl (C=O) groups excluding carboxylic acids is 2. The summed E-state index contributed by atoms with van der Waals surface area (Å²) in [4.78, 5) is 28.5. The first-order valence-corrected chi connectivity index (χ1v) is 11.5. The maximum atomic E-state index is 13.4. The Balaban J connectivity index is 1.77. The monoisotopic (exact) mass is 466 g/mol. The molecule has 3 amide bonds. The summed E-state index contributed by atoms with van der Waals surface area (Å²) in [6, 6.07) is 17.1. The molecule has 4 rings (SSSR count). The molecule has 0 spiro atoms. The van der Waals surface area contributed by atoms with E-state index in [0.717, 1.165) is 0 Å². The first kappa shape index (κ1) is 22.4. The summed E-state index contributed by atoms with van der Waals surface area (Å²) in [6.07, 6.45) is 1.59. The molecule has 1 fully saturated rings. The molecule has 170 valence electrons. The zero-order chi connectivity index (χ0) is 23.6. The molecular weight excluding hydrogens is 444 g/mol. The molecule has 33 heavy (non-hydrogen) atoms. The van der Waals surface area contributed by atoms with Gasteiger partial charge in [0.1, 0.15) is 11.3 Å². The Morgan fingerprint density at radius 1 is 1.03 bits per heavy atom. The van der Waals surface area contributed by atoms with Gasteiger partial charge in [-0.25, -0.2) is 13.2 Å². The summed E-state index contributed by atoms with van der Waals surface area (Å²) in [5.41, 5.74) is -0.0445. The van der Waals surface area contributed by atoms with Crippen molar-refractivity contribution < 1.29 is 22.7 Å². The van der Waals surface area contributed by atoms with Gasteiger partial charge in [-0.3, -0.25) is 15.1 Å². The second-order valence-electron chi connectivity index (χ2n) is 7.61. The number of aromatic nitrogens is 1. The molecule has 0 aliphatic carbocycles. The number of nitrogens with one attached hydrogen (secondary N) is 3. The molecule has 0 unspecified atom stereocenters. The van der Waals surface area contributed by atoms with Crippen molar-refractivity contribution in [2.75, 3.05) is 7.11 Å². The van der Waals surface area contributed by atoms with E-state index in [1.807, 2.05) is 18.2 Å².